The van der Waals surface area contributed by atoms with Crippen molar-refractivity contribution in [3.05, 3.63) is 35.4 Å². The molecule has 1 rings (SSSR count). The first-order chi connectivity index (χ1) is 7.80. The summed E-state index contributed by atoms with van der Waals surface area (Å²) in [6, 6.07) is 8.80. The van der Waals surface area contributed by atoms with Crippen LogP contribution in [0.4, 0.5) is 0 Å². The third-order valence-corrected chi connectivity index (χ3v) is 2.93. The van der Waals surface area contributed by atoms with E-state index in [0.29, 0.717) is 5.92 Å². The van der Waals surface area contributed by atoms with Crippen LogP contribution in [0.5, 0.6) is 0 Å². The summed E-state index contributed by atoms with van der Waals surface area (Å²) in [5, 5.41) is 0. The molecule has 0 aromatic heterocycles. The Morgan fingerprint density at radius 2 is 1.53 bits per heavy atom. The molecule has 0 aliphatic carbocycles. The molecule has 0 aliphatic rings. The summed E-state index contributed by atoms with van der Waals surface area (Å²) in [6.45, 7) is 14.0. The lowest BCUT2D eigenvalue weighted by atomic mass is 9.86. The Bertz CT molecular complexity index is 330. The largest absolute Gasteiger partial charge is 0.374 e. The van der Waals surface area contributed by atoms with Crippen LogP contribution in [0.25, 0.3) is 0 Å². The molecule has 1 atom stereocenters. The third-order valence-electron chi connectivity index (χ3n) is 2.93. The molecule has 0 radical (unpaired) electrons. The highest BCUT2D eigenvalue weighted by Gasteiger charge is 2.14. The molecule has 0 N–H and O–H groups in total. The van der Waals surface area contributed by atoms with E-state index >= 15 is 0 Å². The minimum absolute atomic E-state index is 0.186. The van der Waals surface area contributed by atoms with Crippen LogP contribution in [-0.4, -0.2) is 6.61 Å². The molecule has 17 heavy (non-hydrogen) atoms. The average molecular weight is 234 g/mol. The normalized spacial score (nSPS) is 14.1. The van der Waals surface area contributed by atoms with Gasteiger partial charge in [0.2, 0.25) is 0 Å². The third kappa shape index (κ3) is 4.51. The van der Waals surface area contributed by atoms with E-state index in [9.17, 15) is 0 Å². The van der Waals surface area contributed by atoms with Crippen LogP contribution in [0.15, 0.2) is 24.3 Å². The molecular formula is C16H26O. The minimum Gasteiger partial charge on any atom is -0.374 e. The predicted octanol–water partition coefficient (Wildman–Crippen LogP) is 4.72. The Labute approximate surface area is 106 Å². The molecule has 0 heterocycles. The Hall–Kier alpha value is -0.820. The van der Waals surface area contributed by atoms with Gasteiger partial charge in [0.15, 0.2) is 0 Å². The van der Waals surface area contributed by atoms with Gasteiger partial charge >= 0.3 is 0 Å². The molecule has 1 aromatic carbocycles. The maximum atomic E-state index is 5.81. The fourth-order valence-electron chi connectivity index (χ4n) is 1.69. The van der Waals surface area contributed by atoms with Crippen molar-refractivity contribution >= 4 is 0 Å². The quantitative estimate of drug-likeness (QED) is 0.732. The highest BCUT2D eigenvalue weighted by molar-refractivity contribution is 5.28. The lowest BCUT2D eigenvalue weighted by Crippen LogP contribution is -2.11. The molecule has 96 valence electrons. The lowest BCUT2D eigenvalue weighted by Gasteiger charge is -2.20. The fraction of sp³-hybridized carbons (Fsp3) is 0.625. The molecule has 1 unspecified atom stereocenters. The second-order valence-electron chi connectivity index (χ2n) is 6.24. The molecule has 1 aromatic rings. The average Bonchev–Trinajstić information content (AvgIpc) is 2.25. The second-order valence-corrected chi connectivity index (χ2v) is 6.24. The van der Waals surface area contributed by atoms with Gasteiger partial charge in [-0.05, 0) is 29.4 Å². The first kappa shape index (κ1) is 14.2. The predicted molar refractivity (Wildman–Crippen MR) is 74.3 cm³/mol. The number of hydrogen-bond acceptors (Lipinski definition) is 1. The van der Waals surface area contributed by atoms with Gasteiger partial charge in [-0.3, -0.25) is 0 Å². The van der Waals surface area contributed by atoms with Crippen molar-refractivity contribution in [1.82, 2.24) is 0 Å². The molecule has 0 spiro atoms. The highest BCUT2D eigenvalue weighted by atomic mass is 16.5. The van der Waals surface area contributed by atoms with Gasteiger partial charge in [0.05, 0.1) is 6.10 Å². The topological polar surface area (TPSA) is 9.23 Å². The molecule has 0 amide bonds. The van der Waals surface area contributed by atoms with Crippen LogP contribution in [-0.2, 0) is 10.2 Å². The van der Waals surface area contributed by atoms with E-state index in [-0.39, 0.29) is 11.5 Å². The van der Waals surface area contributed by atoms with E-state index in [4.69, 9.17) is 4.74 Å². The molecule has 0 aliphatic heterocycles. The van der Waals surface area contributed by atoms with Crippen molar-refractivity contribution in [2.75, 3.05) is 6.61 Å². The first-order valence-electron chi connectivity index (χ1n) is 6.52. The van der Waals surface area contributed by atoms with E-state index in [1.54, 1.807) is 0 Å². The van der Waals surface area contributed by atoms with Gasteiger partial charge < -0.3 is 4.74 Å². The molecule has 1 nitrogen and oxygen atoms in total. The van der Waals surface area contributed by atoms with Gasteiger partial charge in [0, 0.05) is 6.61 Å². The van der Waals surface area contributed by atoms with Crippen LogP contribution in [0.1, 0.15) is 58.8 Å². The molecule has 0 fully saturated rings. The van der Waals surface area contributed by atoms with Crippen molar-refractivity contribution in [2.24, 2.45) is 5.92 Å². The van der Waals surface area contributed by atoms with Crippen LogP contribution < -0.4 is 0 Å². The maximum absolute atomic E-state index is 5.81. The number of ether oxygens (including phenoxy) is 1. The summed E-state index contributed by atoms with van der Waals surface area (Å²) in [6.07, 6.45) is 0.186. The fourth-order valence-corrected chi connectivity index (χ4v) is 1.69. The van der Waals surface area contributed by atoms with E-state index in [2.05, 4.69) is 65.8 Å². The van der Waals surface area contributed by atoms with Crippen molar-refractivity contribution < 1.29 is 4.74 Å². The summed E-state index contributed by atoms with van der Waals surface area (Å²) in [4.78, 5) is 0. The van der Waals surface area contributed by atoms with E-state index in [1.165, 1.54) is 11.1 Å². The smallest absolute Gasteiger partial charge is 0.0796 e. The van der Waals surface area contributed by atoms with E-state index in [0.717, 1.165) is 6.61 Å². The van der Waals surface area contributed by atoms with Crippen molar-refractivity contribution in [1.29, 1.82) is 0 Å². The van der Waals surface area contributed by atoms with E-state index < -0.39 is 0 Å². The van der Waals surface area contributed by atoms with Gasteiger partial charge in [-0.2, -0.15) is 0 Å². The maximum Gasteiger partial charge on any atom is 0.0796 e. The zero-order valence-electron chi connectivity index (χ0n) is 12.1. The summed E-state index contributed by atoms with van der Waals surface area (Å²) < 4.78 is 5.81. The molecule has 0 saturated heterocycles. The zero-order valence-corrected chi connectivity index (χ0v) is 12.1. The van der Waals surface area contributed by atoms with Crippen molar-refractivity contribution in [2.45, 2.75) is 53.1 Å². The van der Waals surface area contributed by atoms with Gasteiger partial charge in [0.1, 0.15) is 0 Å². The molecule has 1 heteroatoms. The summed E-state index contributed by atoms with van der Waals surface area (Å²) in [5.41, 5.74) is 2.86. The van der Waals surface area contributed by atoms with Crippen molar-refractivity contribution in [3.8, 4) is 0 Å². The monoisotopic (exact) mass is 234 g/mol. The Morgan fingerprint density at radius 1 is 1.00 bits per heavy atom. The number of hydrogen-bond donors (Lipinski definition) is 0. The van der Waals surface area contributed by atoms with E-state index in [1.807, 2.05) is 0 Å². The SMILES string of the molecule is CC(C)COC(C)c1ccc(C(C)(C)C)cc1. The minimum atomic E-state index is 0.186. The van der Waals surface area contributed by atoms with Crippen LogP contribution in [0.2, 0.25) is 0 Å². The highest BCUT2D eigenvalue weighted by Crippen LogP contribution is 2.25. The summed E-state index contributed by atoms with van der Waals surface area (Å²) in [7, 11) is 0. The Balaban J connectivity index is 2.67. The van der Waals surface area contributed by atoms with Crippen LogP contribution >= 0.6 is 0 Å². The molecule has 0 saturated carbocycles. The van der Waals surface area contributed by atoms with Gasteiger partial charge in [-0.15, -0.1) is 0 Å². The Morgan fingerprint density at radius 3 is 1.94 bits per heavy atom. The van der Waals surface area contributed by atoms with Crippen LogP contribution in [0.3, 0.4) is 0 Å². The van der Waals surface area contributed by atoms with Crippen molar-refractivity contribution in [3.63, 3.8) is 0 Å². The number of benzene rings is 1. The summed E-state index contributed by atoms with van der Waals surface area (Å²) in [5.74, 6) is 0.589. The summed E-state index contributed by atoms with van der Waals surface area (Å²) >= 11 is 0. The molecular weight excluding hydrogens is 208 g/mol. The molecule has 0 bridgehead atoms. The van der Waals surface area contributed by atoms with Gasteiger partial charge in [0.25, 0.3) is 0 Å². The first-order valence-corrected chi connectivity index (χ1v) is 6.52. The second kappa shape index (κ2) is 5.68. The van der Waals surface area contributed by atoms with Gasteiger partial charge in [-0.1, -0.05) is 58.9 Å². The van der Waals surface area contributed by atoms with Crippen LogP contribution in [0, 0.1) is 5.92 Å². The Kier molecular flexibility index (Phi) is 4.76. The standard InChI is InChI=1S/C16H26O/c1-12(2)11-17-13(3)14-7-9-15(10-8-14)16(4,5)6/h7-10,12-13H,11H2,1-6H3. The van der Waals surface area contributed by atoms with Gasteiger partial charge in [-0.25, -0.2) is 0 Å². The lowest BCUT2D eigenvalue weighted by molar-refractivity contribution is 0.0469. The zero-order chi connectivity index (χ0) is 13.1. The number of rotatable bonds is 4.